The SMILES string of the molecule is CNCc1cc([N+](=O)[O-])ccc1OCCOCCOC. The third kappa shape index (κ3) is 5.52. The molecule has 1 aromatic carbocycles. The Balaban J connectivity index is 2.53. The Hall–Kier alpha value is -1.70. The molecule has 0 saturated heterocycles. The van der Waals surface area contributed by atoms with Crippen LogP contribution in [-0.2, 0) is 16.0 Å². The Bertz CT molecular complexity index is 425. The second-order valence-corrected chi connectivity index (χ2v) is 4.03. The molecule has 7 nitrogen and oxygen atoms in total. The molecule has 20 heavy (non-hydrogen) atoms. The van der Waals surface area contributed by atoms with Gasteiger partial charge in [0.1, 0.15) is 12.4 Å². The summed E-state index contributed by atoms with van der Waals surface area (Å²) in [7, 11) is 3.39. The number of methoxy groups -OCH3 is 1. The van der Waals surface area contributed by atoms with E-state index in [1.165, 1.54) is 12.1 Å². The standard InChI is InChI=1S/C13H20N2O5/c1-14-10-11-9-12(15(16)17)3-4-13(11)20-8-7-19-6-5-18-2/h3-4,9,14H,5-8,10H2,1-2H3. The molecule has 0 radical (unpaired) electrons. The second-order valence-electron chi connectivity index (χ2n) is 4.03. The van der Waals surface area contributed by atoms with Crippen LogP contribution in [0.5, 0.6) is 5.75 Å². The van der Waals surface area contributed by atoms with Gasteiger partial charge in [0.2, 0.25) is 0 Å². The zero-order valence-corrected chi connectivity index (χ0v) is 11.8. The van der Waals surface area contributed by atoms with Crippen molar-refractivity contribution >= 4 is 5.69 Å². The Morgan fingerprint density at radius 1 is 1.25 bits per heavy atom. The smallest absolute Gasteiger partial charge is 0.270 e. The number of hydrogen-bond donors (Lipinski definition) is 1. The minimum Gasteiger partial charge on any atom is -0.491 e. The fourth-order valence-corrected chi connectivity index (χ4v) is 1.60. The van der Waals surface area contributed by atoms with Crippen molar-refractivity contribution < 1.29 is 19.1 Å². The highest BCUT2D eigenvalue weighted by molar-refractivity contribution is 5.43. The van der Waals surface area contributed by atoms with E-state index in [1.54, 1.807) is 20.2 Å². The van der Waals surface area contributed by atoms with Crippen LogP contribution >= 0.6 is 0 Å². The molecule has 0 aliphatic rings. The maximum absolute atomic E-state index is 10.7. The van der Waals surface area contributed by atoms with Gasteiger partial charge in [0.15, 0.2) is 0 Å². The number of nitro benzene ring substituents is 1. The second kappa shape index (κ2) is 9.24. The highest BCUT2D eigenvalue weighted by Crippen LogP contribution is 2.24. The molecule has 0 heterocycles. The number of nitrogens with zero attached hydrogens (tertiary/aromatic N) is 1. The van der Waals surface area contributed by atoms with Crippen molar-refractivity contribution in [1.29, 1.82) is 0 Å². The van der Waals surface area contributed by atoms with E-state index < -0.39 is 4.92 Å². The average molecular weight is 284 g/mol. The largest absolute Gasteiger partial charge is 0.491 e. The third-order valence-electron chi connectivity index (χ3n) is 2.54. The van der Waals surface area contributed by atoms with Gasteiger partial charge in [-0.05, 0) is 13.1 Å². The van der Waals surface area contributed by atoms with Crippen molar-refractivity contribution in [3.63, 3.8) is 0 Å². The summed E-state index contributed by atoms with van der Waals surface area (Å²) in [4.78, 5) is 10.3. The number of non-ortho nitro benzene ring substituents is 1. The minimum atomic E-state index is -0.420. The van der Waals surface area contributed by atoms with E-state index in [9.17, 15) is 10.1 Å². The van der Waals surface area contributed by atoms with E-state index >= 15 is 0 Å². The number of ether oxygens (including phenoxy) is 3. The highest BCUT2D eigenvalue weighted by Gasteiger charge is 2.11. The van der Waals surface area contributed by atoms with Crippen LogP contribution in [0.3, 0.4) is 0 Å². The fraction of sp³-hybridized carbons (Fsp3) is 0.538. The lowest BCUT2D eigenvalue weighted by Gasteiger charge is -2.11. The summed E-state index contributed by atoms with van der Waals surface area (Å²) in [6.07, 6.45) is 0. The summed E-state index contributed by atoms with van der Waals surface area (Å²) in [5.41, 5.74) is 0.803. The summed E-state index contributed by atoms with van der Waals surface area (Å²) in [6.45, 7) is 2.39. The number of nitrogens with one attached hydrogen (secondary N) is 1. The van der Waals surface area contributed by atoms with Gasteiger partial charge in [-0.2, -0.15) is 0 Å². The van der Waals surface area contributed by atoms with Crippen LogP contribution in [0, 0.1) is 10.1 Å². The van der Waals surface area contributed by atoms with Gasteiger partial charge in [-0.25, -0.2) is 0 Å². The van der Waals surface area contributed by atoms with Crippen LogP contribution in [0.15, 0.2) is 18.2 Å². The number of nitro groups is 1. The van der Waals surface area contributed by atoms with Crippen LogP contribution in [0.2, 0.25) is 0 Å². The lowest BCUT2D eigenvalue weighted by Crippen LogP contribution is -2.12. The first-order chi connectivity index (χ1) is 9.69. The molecule has 1 aromatic rings. The topological polar surface area (TPSA) is 82.9 Å². The Morgan fingerprint density at radius 3 is 2.65 bits per heavy atom. The molecule has 7 heteroatoms. The molecule has 112 valence electrons. The first kappa shape index (κ1) is 16.4. The molecule has 0 spiro atoms. The third-order valence-corrected chi connectivity index (χ3v) is 2.54. The van der Waals surface area contributed by atoms with Gasteiger partial charge in [0.25, 0.3) is 5.69 Å². The van der Waals surface area contributed by atoms with Gasteiger partial charge in [0, 0.05) is 31.4 Å². The van der Waals surface area contributed by atoms with Gasteiger partial charge in [-0.3, -0.25) is 10.1 Å². The molecule has 0 bridgehead atoms. The summed E-state index contributed by atoms with van der Waals surface area (Å²) in [6, 6.07) is 4.55. The van der Waals surface area contributed by atoms with Crippen molar-refractivity contribution in [3.8, 4) is 5.75 Å². The van der Waals surface area contributed by atoms with Crippen LogP contribution < -0.4 is 10.1 Å². The number of rotatable bonds is 10. The quantitative estimate of drug-likeness (QED) is 0.397. The molecule has 0 fully saturated rings. The van der Waals surface area contributed by atoms with Crippen molar-refractivity contribution in [3.05, 3.63) is 33.9 Å². The van der Waals surface area contributed by atoms with Crippen LogP contribution in [0.4, 0.5) is 5.69 Å². The zero-order chi connectivity index (χ0) is 14.8. The number of benzene rings is 1. The maximum atomic E-state index is 10.7. The van der Waals surface area contributed by atoms with Gasteiger partial charge < -0.3 is 19.5 Å². The Kier molecular flexibility index (Phi) is 7.56. The highest BCUT2D eigenvalue weighted by atomic mass is 16.6. The van der Waals surface area contributed by atoms with E-state index in [-0.39, 0.29) is 5.69 Å². The van der Waals surface area contributed by atoms with Crippen molar-refractivity contribution in [2.24, 2.45) is 0 Å². The summed E-state index contributed by atoms with van der Waals surface area (Å²) in [5, 5.41) is 13.7. The van der Waals surface area contributed by atoms with E-state index in [2.05, 4.69) is 5.32 Å². The normalized spacial score (nSPS) is 10.5. The van der Waals surface area contributed by atoms with Gasteiger partial charge >= 0.3 is 0 Å². The predicted molar refractivity (Wildman–Crippen MR) is 74.1 cm³/mol. The minimum absolute atomic E-state index is 0.0546. The van der Waals surface area contributed by atoms with E-state index in [1.807, 2.05) is 0 Å². The maximum Gasteiger partial charge on any atom is 0.270 e. The van der Waals surface area contributed by atoms with Gasteiger partial charge in [0.05, 0.1) is 24.7 Å². The molecule has 0 aliphatic heterocycles. The molecule has 0 saturated carbocycles. The van der Waals surface area contributed by atoms with Crippen molar-refractivity contribution in [2.45, 2.75) is 6.54 Å². The fourth-order valence-electron chi connectivity index (χ4n) is 1.60. The molecule has 0 amide bonds. The van der Waals surface area contributed by atoms with Crippen LogP contribution in [0.25, 0.3) is 0 Å². The first-order valence-electron chi connectivity index (χ1n) is 6.30. The molecule has 0 aliphatic carbocycles. The molecule has 1 N–H and O–H groups in total. The van der Waals surface area contributed by atoms with Crippen LogP contribution in [0.1, 0.15) is 5.56 Å². The Labute approximate surface area is 118 Å². The summed E-state index contributed by atoms with van der Waals surface area (Å²) >= 11 is 0. The molecule has 0 unspecified atom stereocenters. The molecule has 0 aromatic heterocycles. The van der Waals surface area contributed by atoms with Crippen molar-refractivity contribution in [1.82, 2.24) is 5.32 Å². The molecular weight excluding hydrogens is 264 g/mol. The van der Waals surface area contributed by atoms with Gasteiger partial charge in [-0.15, -0.1) is 0 Å². The lowest BCUT2D eigenvalue weighted by molar-refractivity contribution is -0.384. The Morgan fingerprint density at radius 2 is 2.00 bits per heavy atom. The first-order valence-corrected chi connectivity index (χ1v) is 6.30. The van der Waals surface area contributed by atoms with Crippen molar-refractivity contribution in [2.75, 3.05) is 40.6 Å². The summed E-state index contributed by atoms with van der Waals surface area (Å²) < 4.78 is 15.7. The zero-order valence-electron chi connectivity index (χ0n) is 11.8. The van der Waals surface area contributed by atoms with E-state index in [0.29, 0.717) is 38.7 Å². The summed E-state index contributed by atoms with van der Waals surface area (Å²) in [5.74, 6) is 0.625. The predicted octanol–water partition coefficient (Wildman–Crippen LogP) is 1.36. The van der Waals surface area contributed by atoms with E-state index in [4.69, 9.17) is 14.2 Å². The molecular formula is C13H20N2O5. The lowest BCUT2D eigenvalue weighted by atomic mass is 10.2. The molecule has 0 atom stereocenters. The number of hydrogen-bond acceptors (Lipinski definition) is 6. The molecule has 1 rings (SSSR count). The van der Waals surface area contributed by atoms with Crippen LogP contribution in [-0.4, -0.2) is 45.5 Å². The van der Waals surface area contributed by atoms with E-state index in [0.717, 1.165) is 5.56 Å². The average Bonchev–Trinajstić information content (AvgIpc) is 2.44. The monoisotopic (exact) mass is 284 g/mol. The van der Waals surface area contributed by atoms with Gasteiger partial charge in [-0.1, -0.05) is 0 Å².